The summed E-state index contributed by atoms with van der Waals surface area (Å²) in [7, 11) is 0. The summed E-state index contributed by atoms with van der Waals surface area (Å²) in [5, 5.41) is 6.86. The lowest BCUT2D eigenvalue weighted by molar-refractivity contribution is -0.120. The van der Waals surface area contributed by atoms with Gasteiger partial charge in [-0.1, -0.05) is 45.7 Å². The van der Waals surface area contributed by atoms with Gasteiger partial charge in [0.1, 0.15) is 5.75 Å². The van der Waals surface area contributed by atoms with Crippen molar-refractivity contribution >= 4 is 51.5 Å². The SMILES string of the molecule is O=C(CNC(=O)c1ccc(Cl)cc1)N/N=C/c1cccc(OC(=O)c2cccc(Br)c2)c1. The van der Waals surface area contributed by atoms with Gasteiger partial charge in [0.2, 0.25) is 0 Å². The van der Waals surface area contributed by atoms with Gasteiger partial charge in [-0.25, -0.2) is 10.2 Å². The summed E-state index contributed by atoms with van der Waals surface area (Å²) in [6, 6.07) is 19.8. The van der Waals surface area contributed by atoms with Crippen molar-refractivity contribution in [1.82, 2.24) is 10.7 Å². The standard InChI is InChI=1S/C23H17BrClN3O4/c24-18-5-2-4-17(12-18)23(31)32-20-6-1-3-15(11-20)13-27-28-21(29)14-26-22(30)16-7-9-19(25)10-8-16/h1-13H,14H2,(H,26,30)(H,28,29)/b27-13+. The highest BCUT2D eigenvalue weighted by molar-refractivity contribution is 9.10. The zero-order valence-electron chi connectivity index (χ0n) is 16.5. The van der Waals surface area contributed by atoms with Crippen molar-refractivity contribution in [2.75, 3.05) is 6.54 Å². The largest absolute Gasteiger partial charge is 0.423 e. The Hall–Kier alpha value is -3.49. The molecule has 0 fully saturated rings. The van der Waals surface area contributed by atoms with Gasteiger partial charge >= 0.3 is 5.97 Å². The number of halogens is 2. The van der Waals surface area contributed by atoms with Gasteiger partial charge in [-0.05, 0) is 60.2 Å². The molecule has 0 aliphatic rings. The Kier molecular flexibility index (Phi) is 8.13. The monoisotopic (exact) mass is 513 g/mol. The summed E-state index contributed by atoms with van der Waals surface area (Å²) >= 11 is 9.10. The van der Waals surface area contributed by atoms with Crippen LogP contribution in [0.1, 0.15) is 26.3 Å². The molecule has 0 spiro atoms. The number of hydrogen-bond acceptors (Lipinski definition) is 5. The molecule has 0 aliphatic carbocycles. The molecule has 0 saturated heterocycles. The molecule has 0 heterocycles. The molecule has 0 atom stereocenters. The normalized spacial score (nSPS) is 10.6. The molecule has 7 nitrogen and oxygen atoms in total. The summed E-state index contributed by atoms with van der Waals surface area (Å²) in [6.07, 6.45) is 1.40. The van der Waals surface area contributed by atoms with Gasteiger partial charge in [0.15, 0.2) is 0 Å². The number of rotatable bonds is 7. The van der Waals surface area contributed by atoms with E-state index in [0.717, 1.165) is 4.47 Å². The smallest absolute Gasteiger partial charge is 0.343 e. The molecule has 0 aliphatic heterocycles. The number of hydrazone groups is 1. The van der Waals surface area contributed by atoms with Crippen LogP contribution in [-0.2, 0) is 4.79 Å². The molecule has 2 amide bonds. The summed E-state index contributed by atoms with van der Waals surface area (Å²) in [5.41, 5.74) is 3.73. The third-order valence-corrected chi connectivity index (χ3v) is 4.79. The average molecular weight is 515 g/mol. The Morgan fingerprint density at radius 1 is 0.969 bits per heavy atom. The maximum Gasteiger partial charge on any atom is 0.343 e. The first-order chi connectivity index (χ1) is 15.4. The number of esters is 1. The van der Waals surface area contributed by atoms with E-state index < -0.39 is 17.8 Å². The number of amides is 2. The van der Waals surface area contributed by atoms with E-state index in [4.69, 9.17) is 16.3 Å². The first kappa shape index (κ1) is 23.2. The zero-order chi connectivity index (χ0) is 22.9. The van der Waals surface area contributed by atoms with Crippen molar-refractivity contribution in [3.63, 3.8) is 0 Å². The maximum atomic E-state index is 12.3. The second kappa shape index (κ2) is 11.2. The van der Waals surface area contributed by atoms with Crippen LogP contribution in [0.5, 0.6) is 5.75 Å². The van der Waals surface area contributed by atoms with E-state index in [1.54, 1.807) is 66.7 Å². The Balaban J connectivity index is 1.49. The number of nitrogens with zero attached hydrogens (tertiary/aromatic N) is 1. The molecular weight excluding hydrogens is 498 g/mol. The van der Waals surface area contributed by atoms with Crippen LogP contribution in [0.15, 0.2) is 82.4 Å². The highest BCUT2D eigenvalue weighted by Gasteiger charge is 2.09. The number of carbonyl (C=O) groups is 3. The van der Waals surface area contributed by atoms with E-state index in [1.165, 1.54) is 6.21 Å². The third kappa shape index (κ3) is 7.04. The fraction of sp³-hybridized carbons (Fsp3) is 0.0435. The molecule has 0 aromatic heterocycles. The number of benzene rings is 3. The van der Waals surface area contributed by atoms with Crippen LogP contribution in [0.25, 0.3) is 0 Å². The van der Waals surface area contributed by atoms with Crippen molar-refractivity contribution < 1.29 is 19.1 Å². The Labute approximate surface area is 197 Å². The predicted octanol–water partition coefficient (Wildman–Crippen LogP) is 4.20. The Bertz CT molecular complexity index is 1170. The Morgan fingerprint density at radius 3 is 2.47 bits per heavy atom. The molecule has 9 heteroatoms. The van der Waals surface area contributed by atoms with Crippen LogP contribution < -0.4 is 15.5 Å². The van der Waals surface area contributed by atoms with Crippen molar-refractivity contribution in [3.8, 4) is 5.75 Å². The van der Waals surface area contributed by atoms with Gasteiger partial charge in [-0.3, -0.25) is 9.59 Å². The maximum absolute atomic E-state index is 12.3. The topological polar surface area (TPSA) is 96.9 Å². The summed E-state index contributed by atoms with van der Waals surface area (Å²) < 4.78 is 6.14. The number of nitrogens with one attached hydrogen (secondary N) is 2. The average Bonchev–Trinajstić information content (AvgIpc) is 2.78. The Morgan fingerprint density at radius 2 is 1.72 bits per heavy atom. The highest BCUT2D eigenvalue weighted by Crippen LogP contribution is 2.17. The van der Waals surface area contributed by atoms with Crippen molar-refractivity contribution in [2.24, 2.45) is 5.10 Å². The van der Waals surface area contributed by atoms with Crippen molar-refractivity contribution in [1.29, 1.82) is 0 Å². The van der Waals surface area contributed by atoms with E-state index in [0.29, 0.717) is 27.5 Å². The zero-order valence-corrected chi connectivity index (χ0v) is 18.9. The van der Waals surface area contributed by atoms with E-state index >= 15 is 0 Å². The van der Waals surface area contributed by atoms with Crippen LogP contribution in [0.3, 0.4) is 0 Å². The molecule has 0 radical (unpaired) electrons. The minimum absolute atomic E-state index is 0.247. The molecule has 0 unspecified atom stereocenters. The van der Waals surface area contributed by atoms with E-state index in [2.05, 4.69) is 31.8 Å². The van der Waals surface area contributed by atoms with Gasteiger partial charge in [-0.2, -0.15) is 5.10 Å². The van der Waals surface area contributed by atoms with E-state index in [-0.39, 0.29) is 6.54 Å². The third-order valence-electron chi connectivity index (χ3n) is 4.05. The summed E-state index contributed by atoms with van der Waals surface area (Å²) in [4.78, 5) is 36.1. The number of hydrogen-bond donors (Lipinski definition) is 2. The molecule has 32 heavy (non-hydrogen) atoms. The molecule has 0 bridgehead atoms. The van der Waals surface area contributed by atoms with Gasteiger partial charge in [-0.15, -0.1) is 0 Å². The van der Waals surface area contributed by atoms with E-state index in [1.807, 2.05) is 6.07 Å². The molecule has 3 aromatic carbocycles. The fourth-order valence-corrected chi connectivity index (χ4v) is 3.05. The van der Waals surface area contributed by atoms with Crippen LogP contribution in [0.2, 0.25) is 5.02 Å². The van der Waals surface area contributed by atoms with Gasteiger partial charge in [0.05, 0.1) is 18.3 Å². The molecule has 162 valence electrons. The molecule has 3 rings (SSSR count). The lowest BCUT2D eigenvalue weighted by Crippen LogP contribution is -2.34. The minimum Gasteiger partial charge on any atom is -0.423 e. The molecule has 0 saturated carbocycles. The highest BCUT2D eigenvalue weighted by atomic mass is 79.9. The second-order valence-electron chi connectivity index (χ2n) is 6.46. The van der Waals surface area contributed by atoms with Crippen LogP contribution in [-0.4, -0.2) is 30.5 Å². The first-order valence-corrected chi connectivity index (χ1v) is 10.5. The van der Waals surface area contributed by atoms with Crippen molar-refractivity contribution in [2.45, 2.75) is 0 Å². The summed E-state index contributed by atoms with van der Waals surface area (Å²) in [6.45, 7) is -0.247. The fourth-order valence-electron chi connectivity index (χ4n) is 2.52. The van der Waals surface area contributed by atoms with Crippen LogP contribution in [0.4, 0.5) is 0 Å². The van der Waals surface area contributed by atoms with Crippen LogP contribution in [0, 0.1) is 0 Å². The number of ether oxygens (including phenoxy) is 1. The van der Waals surface area contributed by atoms with Gasteiger partial charge in [0, 0.05) is 15.1 Å². The van der Waals surface area contributed by atoms with Gasteiger partial charge in [0.25, 0.3) is 11.8 Å². The van der Waals surface area contributed by atoms with Gasteiger partial charge < -0.3 is 10.1 Å². The molecular formula is C23H17BrClN3O4. The quantitative estimate of drug-likeness (QED) is 0.214. The first-order valence-electron chi connectivity index (χ1n) is 9.34. The molecule has 2 N–H and O–H groups in total. The lowest BCUT2D eigenvalue weighted by atomic mass is 10.2. The second-order valence-corrected chi connectivity index (χ2v) is 7.81. The van der Waals surface area contributed by atoms with E-state index in [9.17, 15) is 14.4 Å². The minimum atomic E-state index is -0.499. The summed E-state index contributed by atoms with van der Waals surface area (Å²) in [5.74, 6) is -1.06. The lowest BCUT2D eigenvalue weighted by Gasteiger charge is -2.06. The molecule has 3 aromatic rings. The van der Waals surface area contributed by atoms with Crippen molar-refractivity contribution in [3.05, 3.63) is 99.0 Å². The van der Waals surface area contributed by atoms with Crippen LogP contribution >= 0.6 is 27.5 Å². The number of carbonyl (C=O) groups excluding carboxylic acids is 3. The predicted molar refractivity (Wildman–Crippen MR) is 125 cm³/mol.